The van der Waals surface area contributed by atoms with Gasteiger partial charge >= 0.3 is 6.18 Å². The first kappa shape index (κ1) is 21.9. The van der Waals surface area contributed by atoms with Crippen LogP contribution in [0.15, 0.2) is 6.07 Å². The Kier molecular flexibility index (Phi) is 6.09. The lowest BCUT2D eigenvalue weighted by Gasteiger charge is -2.36. The number of nitrogens with one attached hydrogen (secondary N) is 1. The summed E-state index contributed by atoms with van der Waals surface area (Å²) in [6, 6.07) is 1.39. The fraction of sp³-hybridized carbons (Fsp3) is 0.667. The van der Waals surface area contributed by atoms with Crippen molar-refractivity contribution in [2.24, 2.45) is 0 Å². The number of nitrogens with zero attached hydrogens (tertiary/aromatic N) is 4. The number of amides is 1. The highest BCUT2D eigenvalue weighted by Crippen LogP contribution is 2.38. The van der Waals surface area contributed by atoms with Crippen LogP contribution in [-0.2, 0) is 11.0 Å². The van der Waals surface area contributed by atoms with E-state index in [1.165, 1.54) is 6.42 Å². The molecule has 0 bridgehead atoms. The van der Waals surface area contributed by atoms with Crippen LogP contribution in [0, 0.1) is 0 Å². The van der Waals surface area contributed by atoms with E-state index in [2.05, 4.69) is 15.2 Å². The van der Waals surface area contributed by atoms with Gasteiger partial charge in [-0.25, -0.2) is 4.98 Å². The first-order valence-corrected chi connectivity index (χ1v) is 10.9. The summed E-state index contributed by atoms with van der Waals surface area (Å²) in [4.78, 5) is 21.1. The monoisotopic (exact) mass is 438 g/mol. The second-order valence-corrected chi connectivity index (χ2v) is 8.80. The van der Waals surface area contributed by atoms with Crippen LogP contribution in [0.3, 0.4) is 0 Å². The van der Waals surface area contributed by atoms with Crippen LogP contribution in [0.1, 0.15) is 62.1 Å². The highest BCUT2D eigenvalue weighted by molar-refractivity contribution is 5.89. The number of piperidine rings is 1. The molecule has 0 spiro atoms. The van der Waals surface area contributed by atoms with Gasteiger partial charge in [0, 0.05) is 31.2 Å². The number of rotatable bonds is 4. The van der Waals surface area contributed by atoms with E-state index in [4.69, 9.17) is 5.73 Å². The van der Waals surface area contributed by atoms with E-state index in [-0.39, 0.29) is 35.2 Å². The number of alkyl halides is 3. The third-order valence-corrected chi connectivity index (χ3v) is 6.68. The molecule has 2 fully saturated rings. The van der Waals surface area contributed by atoms with Crippen LogP contribution in [-0.4, -0.2) is 63.6 Å². The molecule has 170 valence electrons. The number of H-pyrrole nitrogens is 1. The van der Waals surface area contributed by atoms with E-state index < -0.39 is 11.7 Å². The van der Waals surface area contributed by atoms with Crippen molar-refractivity contribution in [1.29, 1.82) is 0 Å². The number of carbonyl (C=O) groups is 1. The summed E-state index contributed by atoms with van der Waals surface area (Å²) in [6.07, 6.45) is 2.59. The normalized spacial score (nSPS) is 21.5. The molecule has 3 heterocycles. The molecule has 4 rings (SSSR count). The summed E-state index contributed by atoms with van der Waals surface area (Å²) in [5.41, 5.74) is 5.17. The molecular weight excluding hydrogens is 409 g/mol. The van der Waals surface area contributed by atoms with Gasteiger partial charge in [0.25, 0.3) is 0 Å². The van der Waals surface area contributed by atoms with E-state index >= 15 is 0 Å². The van der Waals surface area contributed by atoms with Crippen LogP contribution in [0.25, 0.3) is 11.0 Å². The summed E-state index contributed by atoms with van der Waals surface area (Å²) in [5.74, 6) is -0.250. The van der Waals surface area contributed by atoms with E-state index in [9.17, 15) is 18.0 Å². The number of likely N-dealkylation sites (N-methyl/N-ethyl adjacent to an activating group) is 1. The number of likely N-dealkylation sites (tertiary alicyclic amines) is 1. The van der Waals surface area contributed by atoms with E-state index in [0.29, 0.717) is 18.3 Å². The number of hydrogen-bond donors (Lipinski definition) is 2. The molecule has 1 atom stereocenters. The molecule has 0 aromatic carbocycles. The molecule has 2 aliphatic rings. The van der Waals surface area contributed by atoms with Gasteiger partial charge in [-0.15, -0.1) is 0 Å². The molecule has 1 amide bonds. The Morgan fingerprint density at radius 1 is 1.26 bits per heavy atom. The number of anilines is 1. The number of nitrogens with two attached hydrogens (primary N) is 1. The van der Waals surface area contributed by atoms with E-state index in [1.54, 1.807) is 0 Å². The number of aromatic nitrogens is 3. The molecule has 10 heteroatoms. The number of halogens is 3. The number of aromatic amines is 1. The number of pyridine rings is 1. The van der Waals surface area contributed by atoms with Gasteiger partial charge in [-0.1, -0.05) is 19.3 Å². The van der Waals surface area contributed by atoms with Crippen molar-refractivity contribution in [3.05, 3.63) is 17.3 Å². The van der Waals surface area contributed by atoms with Crippen molar-refractivity contribution >= 4 is 22.8 Å². The van der Waals surface area contributed by atoms with Crippen molar-refractivity contribution in [3.63, 3.8) is 0 Å². The lowest BCUT2D eigenvalue weighted by atomic mass is 9.92. The molecule has 0 radical (unpaired) electrons. The second kappa shape index (κ2) is 8.64. The maximum absolute atomic E-state index is 13.7. The largest absolute Gasteiger partial charge is 0.417 e. The molecule has 1 unspecified atom stereocenters. The molecule has 3 N–H and O–H groups in total. The predicted molar refractivity (Wildman–Crippen MR) is 111 cm³/mol. The Morgan fingerprint density at radius 2 is 2.00 bits per heavy atom. The average molecular weight is 438 g/mol. The third kappa shape index (κ3) is 4.63. The Hall–Kier alpha value is -2.36. The summed E-state index contributed by atoms with van der Waals surface area (Å²) in [7, 11) is 1.87. The van der Waals surface area contributed by atoms with Crippen molar-refractivity contribution in [1.82, 2.24) is 25.0 Å². The highest BCUT2D eigenvalue weighted by atomic mass is 19.4. The van der Waals surface area contributed by atoms with E-state index in [0.717, 1.165) is 51.1 Å². The van der Waals surface area contributed by atoms with Gasteiger partial charge in [0.05, 0.1) is 17.5 Å². The number of nitrogen functional groups attached to an aromatic ring is 1. The van der Waals surface area contributed by atoms with Crippen molar-refractivity contribution in [2.45, 2.75) is 63.1 Å². The second-order valence-electron chi connectivity index (χ2n) is 8.80. The number of carbonyl (C=O) groups excluding carboxylic acids is 1. The fourth-order valence-corrected chi connectivity index (χ4v) is 4.91. The maximum atomic E-state index is 13.7. The van der Waals surface area contributed by atoms with Gasteiger partial charge in [-0.3, -0.25) is 14.8 Å². The molecule has 2 aromatic rings. The SMILES string of the molecule is CN(C(=O)CN1CCCC(c2cc(C(F)(F)F)c3c(N)[nH]nc3n2)C1)C1CCCCC1. The smallest absolute Gasteiger partial charge is 0.383 e. The molecule has 1 aliphatic carbocycles. The van der Waals surface area contributed by atoms with Crippen LogP contribution in [0.4, 0.5) is 19.0 Å². The summed E-state index contributed by atoms with van der Waals surface area (Å²) in [5, 5.41) is 6.07. The summed E-state index contributed by atoms with van der Waals surface area (Å²) >= 11 is 0. The Morgan fingerprint density at radius 3 is 2.71 bits per heavy atom. The number of fused-ring (bicyclic) bond motifs is 1. The van der Waals surface area contributed by atoms with Gasteiger partial charge in [-0.05, 0) is 38.3 Å². The first-order chi connectivity index (χ1) is 14.7. The van der Waals surface area contributed by atoms with Gasteiger partial charge in [0.2, 0.25) is 5.91 Å². The maximum Gasteiger partial charge on any atom is 0.417 e. The van der Waals surface area contributed by atoms with Gasteiger partial charge in [0.1, 0.15) is 5.82 Å². The van der Waals surface area contributed by atoms with Crippen LogP contribution in [0.2, 0.25) is 0 Å². The van der Waals surface area contributed by atoms with Crippen LogP contribution in [0.5, 0.6) is 0 Å². The molecule has 1 saturated heterocycles. The zero-order valence-electron chi connectivity index (χ0n) is 17.7. The van der Waals surface area contributed by atoms with Crippen LogP contribution < -0.4 is 5.73 Å². The quantitative estimate of drug-likeness (QED) is 0.762. The van der Waals surface area contributed by atoms with Crippen molar-refractivity contribution < 1.29 is 18.0 Å². The average Bonchev–Trinajstić information content (AvgIpc) is 3.13. The zero-order valence-corrected chi connectivity index (χ0v) is 17.7. The first-order valence-electron chi connectivity index (χ1n) is 10.9. The Balaban J connectivity index is 1.49. The highest BCUT2D eigenvalue weighted by Gasteiger charge is 2.36. The molecule has 1 saturated carbocycles. The van der Waals surface area contributed by atoms with Crippen molar-refractivity contribution in [3.8, 4) is 0 Å². The lowest BCUT2D eigenvalue weighted by Crippen LogP contribution is -2.46. The number of hydrogen-bond acceptors (Lipinski definition) is 5. The van der Waals surface area contributed by atoms with Crippen LogP contribution >= 0.6 is 0 Å². The molecule has 31 heavy (non-hydrogen) atoms. The minimum atomic E-state index is -4.55. The van der Waals surface area contributed by atoms with Gasteiger partial charge in [-0.2, -0.15) is 18.3 Å². The van der Waals surface area contributed by atoms with E-state index in [1.807, 2.05) is 16.8 Å². The molecule has 2 aromatic heterocycles. The summed E-state index contributed by atoms with van der Waals surface area (Å²) < 4.78 is 41.0. The molecule has 1 aliphatic heterocycles. The van der Waals surface area contributed by atoms with Crippen molar-refractivity contribution in [2.75, 3.05) is 32.4 Å². The predicted octanol–water partition coefficient (Wildman–Crippen LogP) is 3.53. The minimum Gasteiger partial charge on any atom is -0.383 e. The summed E-state index contributed by atoms with van der Waals surface area (Å²) in [6.45, 7) is 1.54. The van der Waals surface area contributed by atoms with Gasteiger partial charge in [0.15, 0.2) is 5.65 Å². The third-order valence-electron chi connectivity index (χ3n) is 6.68. The molecule has 7 nitrogen and oxygen atoms in total. The minimum absolute atomic E-state index is 0.0208. The fourth-order valence-electron chi connectivity index (χ4n) is 4.91. The van der Waals surface area contributed by atoms with Gasteiger partial charge < -0.3 is 10.6 Å². The Bertz CT molecular complexity index is 937. The topological polar surface area (TPSA) is 91.1 Å². The zero-order chi connectivity index (χ0) is 22.2. The molecular formula is C21H29F3N6O. The standard InChI is InChI=1S/C21H29F3N6O/c1-29(14-7-3-2-4-8-14)17(31)12-30-9-5-6-13(11-30)16-10-15(21(22,23)24)18-19(25)27-28-20(18)26-16/h10,13-14H,2-9,11-12H2,1H3,(H3,25,26,27,28). The lowest BCUT2D eigenvalue weighted by molar-refractivity contribution is -0.136. The Labute approximate surface area is 179 Å².